The molecule has 5 rings (SSSR count). The Kier molecular flexibility index (Phi) is 42.7. The molecule has 3 aliphatic heterocycles. The Hall–Kier alpha value is -9.70. The van der Waals surface area contributed by atoms with Crippen LogP contribution in [0.25, 0.3) is 0 Å². The molecule has 4 fully saturated rings. The van der Waals surface area contributed by atoms with E-state index in [9.17, 15) is 81.8 Å². The summed E-state index contributed by atoms with van der Waals surface area (Å²) in [5.41, 5.74) is -0.773. The first-order valence-electron chi connectivity index (χ1n) is 38.3. The van der Waals surface area contributed by atoms with Crippen molar-refractivity contribution in [2.45, 2.75) is 219 Å². The van der Waals surface area contributed by atoms with Crippen molar-refractivity contribution in [3.8, 4) is 0 Å². The third-order valence-electron chi connectivity index (χ3n) is 17.9. The highest BCUT2D eigenvalue weighted by Gasteiger charge is 2.58. The highest BCUT2D eigenvalue weighted by Crippen LogP contribution is 2.34. The van der Waals surface area contributed by atoms with Crippen LogP contribution in [0.1, 0.15) is 120 Å². The molecule has 0 spiro atoms. The maximum Gasteiger partial charge on any atom is 0.303 e. The van der Waals surface area contributed by atoms with E-state index in [1.165, 1.54) is 18.7 Å². The minimum atomic E-state index is -2.00. The van der Waals surface area contributed by atoms with Crippen molar-refractivity contribution >= 4 is 95.1 Å². The number of ether oxygens (including phenoxy) is 18. The molecule has 7 amide bonds. The summed E-state index contributed by atoms with van der Waals surface area (Å²) in [4.78, 5) is 205. The third kappa shape index (κ3) is 35.5. The van der Waals surface area contributed by atoms with Gasteiger partial charge in [-0.05, 0) is 43.2 Å². The number of carbonyl (C=O) groups excluding carboxylic acids is 16. The number of amides is 7. The van der Waals surface area contributed by atoms with Gasteiger partial charge in [0.25, 0.3) is 0 Å². The van der Waals surface area contributed by atoms with Crippen molar-refractivity contribution in [3.05, 3.63) is 35.4 Å². The highest BCUT2D eigenvalue weighted by molar-refractivity contribution is 5.86. The minimum Gasteiger partial charge on any atom is -0.463 e. The molecule has 3 saturated heterocycles. The smallest absolute Gasteiger partial charge is 0.303 e. The second kappa shape index (κ2) is 50.9. The molecule has 43 heteroatoms. The van der Waals surface area contributed by atoms with Crippen LogP contribution in [0.15, 0.2) is 24.3 Å². The largest absolute Gasteiger partial charge is 0.463 e. The van der Waals surface area contributed by atoms with Gasteiger partial charge in [-0.3, -0.25) is 81.6 Å². The van der Waals surface area contributed by atoms with Crippen molar-refractivity contribution in [2.24, 2.45) is 5.92 Å². The highest BCUT2D eigenvalue weighted by atomic mass is 16.7. The quantitative estimate of drug-likeness (QED) is 0.0136. The first-order chi connectivity index (χ1) is 55.9. The summed E-state index contributed by atoms with van der Waals surface area (Å²) in [5.74, 6) is -11.6. The van der Waals surface area contributed by atoms with Crippen LogP contribution in [0.2, 0.25) is 0 Å². The maximum atomic E-state index is 14.9. The zero-order valence-electron chi connectivity index (χ0n) is 68.3. The number of nitrogens with zero attached hydrogens (tertiary/aromatic N) is 1. The number of rotatable bonds is 47. The maximum absolute atomic E-state index is 14.9. The average molecular weight is 1690 g/mol. The summed E-state index contributed by atoms with van der Waals surface area (Å²) in [5, 5.41) is 29.0. The lowest BCUT2D eigenvalue weighted by Crippen LogP contribution is -2.72. The molecule has 15 atom stereocenters. The fourth-order valence-corrected chi connectivity index (χ4v) is 13.1. The number of hydrogen-bond donors (Lipinski definition) is 8. The summed E-state index contributed by atoms with van der Waals surface area (Å²) < 4.78 is 102. The molecular weight excluding hydrogens is 1570 g/mol. The monoisotopic (exact) mass is 1680 g/mol. The fraction of sp³-hybridized carbons (Fsp3) is 0.707. The van der Waals surface area contributed by atoms with Gasteiger partial charge >= 0.3 is 53.7 Å². The molecule has 662 valence electrons. The summed E-state index contributed by atoms with van der Waals surface area (Å²) in [6.45, 7) is 7.76. The van der Waals surface area contributed by atoms with E-state index in [1.807, 2.05) is 0 Å². The molecule has 0 bridgehead atoms. The Morgan fingerprint density at radius 3 is 1.28 bits per heavy atom. The Bertz CT molecular complexity index is 3530. The van der Waals surface area contributed by atoms with Crippen molar-refractivity contribution in [1.29, 1.82) is 0 Å². The molecular formula is C75H112N8O35. The minimum absolute atomic E-state index is 0.144. The topological polar surface area (TPSA) is 547 Å². The van der Waals surface area contributed by atoms with Crippen LogP contribution in [0.5, 0.6) is 0 Å². The SMILES string of the molecule is CC(=O)NC1C(OCCOCCNC(=O)CN(CC(=O)NCCOCCOC2(NC(C)=O)COC(COC(C)=O)C(OC(C)=O)C2OC(C)=O)C(Cc2ccc(CNC(=O)C3CCC(O)CC3)cc2)C(=O)NCCOCCOC2OC(COC(C)=O)C(OC(C)=O)C(OC(C)=O)C2NC(C)=O)OC(COC(C)=O)C(OC(C)=O)C1OC(C)=O. The number of hydrogen-bond acceptors (Lipinski definition) is 36. The van der Waals surface area contributed by atoms with Crippen molar-refractivity contribution in [1.82, 2.24) is 42.1 Å². The van der Waals surface area contributed by atoms with Gasteiger partial charge in [-0.2, -0.15) is 0 Å². The predicted octanol–water partition coefficient (Wildman–Crippen LogP) is -3.51. The average Bonchev–Trinajstić information content (AvgIpc) is 0.783. The van der Waals surface area contributed by atoms with Gasteiger partial charge in [0.1, 0.15) is 50.2 Å². The first-order valence-corrected chi connectivity index (χ1v) is 38.3. The molecule has 8 N–H and O–H groups in total. The normalized spacial score (nSPS) is 24.9. The van der Waals surface area contributed by atoms with Gasteiger partial charge in [-0.25, -0.2) is 0 Å². The second-order valence-corrected chi connectivity index (χ2v) is 27.8. The van der Waals surface area contributed by atoms with Gasteiger partial charge in [0.05, 0.1) is 91.3 Å². The van der Waals surface area contributed by atoms with Crippen LogP contribution >= 0.6 is 0 Å². The van der Waals surface area contributed by atoms with Crippen molar-refractivity contribution < 1.29 is 167 Å². The standard InChI is InChI=1S/C75H112N8O35/c1-41(84)80-63-68(114-50(10)93)65(111-47(7)90)59(38-107-45(5)88)117-73(63)104-30-27-101-24-21-76-61(97)35-83(36-62(98)77-22-25-103-29-32-110-75(82-43(3)86)40-109-58(37-106-44(4)87)67(113-49(9)92)70(75)116-52(12)95)57(33-53-13-15-54(16-14-53)34-79-71(99)55-17-19-56(96)20-18-55)72(100)78-23-26-102-28-31-105-74-64(81-42(2)85)69(115-51(11)94)66(112-48(8)91)60(118-74)39-108-46(6)89/h13-16,55-60,63-70,73-74,96H,17-40H2,1-12H3,(H,76,97)(H,77,98)(H,78,100)(H,79,99)(H,80,84)(H,81,85)(H,82,86). The third-order valence-corrected chi connectivity index (χ3v) is 17.9. The van der Waals surface area contributed by atoms with E-state index < -0.39 is 226 Å². The van der Waals surface area contributed by atoms with Crippen LogP contribution in [-0.4, -0.2) is 321 Å². The molecule has 1 aromatic rings. The molecule has 118 heavy (non-hydrogen) atoms. The van der Waals surface area contributed by atoms with E-state index in [-0.39, 0.29) is 104 Å². The van der Waals surface area contributed by atoms with E-state index in [0.29, 0.717) is 36.8 Å². The molecule has 1 saturated carbocycles. The number of aliphatic hydroxyl groups excluding tert-OH is 1. The van der Waals surface area contributed by atoms with E-state index in [0.717, 1.165) is 69.2 Å². The first kappa shape index (κ1) is 98.9. The van der Waals surface area contributed by atoms with Crippen LogP contribution < -0.4 is 37.2 Å². The lowest BCUT2D eigenvalue weighted by Gasteiger charge is -2.48. The van der Waals surface area contributed by atoms with Crippen LogP contribution in [0.4, 0.5) is 0 Å². The van der Waals surface area contributed by atoms with Crippen LogP contribution in [-0.2, 0) is 175 Å². The van der Waals surface area contributed by atoms with Gasteiger partial charge in [0.15, 0.2) is 49.2 Å². The number of benzene rings is 1. The summed E-state index contributed by atoms with van der Waals surface area (Å²) in [6.07, 6.45) is -13.7. The molecule has 1 aromatic carbocycles. The lowest BCUT2D eigenvalue weighted by molar-refractivity contribution is -0.279. The molecule has 1 aliphatic carbocycles. The summed E-state index contributed by atoms with van der Waals surface area (Å²) in [7, 11) is 0. The Morgan fingerprint density at radius 2 is 0.856 bits per heavy atom. The molecule has 15 unspecified atom stereocenters. The van der Waals surface area contributed by atoms with E-state index in [2.05, 4.69) is 37.2 Å². The number of carbonyl (C=O) groups is 16. The Morgan fingerprint density at radius 1 is 0.449 bits per heavy atom. The van der Waals surface area contributed by atoms with Crippen LogP contribution in [0, 0.1) is 5.92 Å². The Balaban J connectivity index is 1.36. The fourth-order valence-electron chi connectivity index (χ4n) is 13.1. The summed E-state index contributed by atoms with van der Waals surface area (Å²) in [6, 6.07) is 2.97. The van der Waals surface area contributed by atoms with E-state index in [4.69, 9.17) is 85.3 Å². The number of nitrogens with one attached hydrogen (secondary N) is 7. The lowest BCUT2D eigenvalue weighted by atomic mass is 9.87. The number of esters is 9. The van der Waals surface area contributed by atoms with Gasteiger partial charge in [-0.15, -0.1) is 0 Å². The molecule has 0 aromatic heterocycles. The van der Waals surface area contributed by atoms with Gasteiger partial charge < -0.3 is 128 Å². The van der Waals surface area contributed by atoms with Crippen molar-refractivity contribution in [3.63, 3.8) is 0 Å². The van der Waals surface area contributed by atoms with E-state index >= 15 is 0 Å². The zero-order valence-corrected chi connectivity index (χ0v) is 68.3. The van der Waals surface area contributed by atoms with Gasteiger partial charge in [0, 0.05) is 115 Å². The second-order valence-electron chi connectivity index (χ2n) is 27.8. The molecule has 4 aliphatic rings. The van der Waals surface area contributed by atoms with Gasteiger partial charge in [0.2, 0.25) is 47.1 Å². The molecule has 43 nitrogen and oxygen atoms in total. The molecule has 3 heterocycles. The summed E-state index contributed by atoms with van der Waals surface area (Å²) >= 11 is 0. The van der Waals surface area contributed by atoms with Crippen molar-refractivity contribution in [2.75, 3.05) is 119 Å². The number of aliphatic hydroxyl groups is 1. The van der Waals surface area contributed by atoms with E-state index in [1.54, 1.807) is 24.3 Å². The molecule has 0 radical (unpaired) electrons. The van der Waals surface area contributed by atoms with Crippen LogP contribution in [0.3, 0.4) is 0 Å². The predicted molar refractivity (Wildman–Crippen MR) is 397 cm³/mol. The van der Waals surface area contributed by atoms with Gasteiger partial charge in [-0.1, -0.05) is 24.3 Å². The zero-order chi connectivity index (χ0) is 87.2. The Labute approximate surface area is 681 Å².